The first kappa shape index (κ1) is 13.8. The van der Waals surface area contributed by atoms with Gasteiger partial charge in [-0.05, 0) is 0 Å². The highest BCUT2D eigenvalue weighted by atomic mass is 32.2. The molecule has 0 saturated carbocycles. The van der Waals surface area contributed by atoms with Crippen molar-refractivity contribution in [3.63, 3.8) is 0 Å². The molecule has 1 rings (SSSR count). The molecule has 1 heterocycles. The van der Waals surface area contributed by atoms with E-state index in [9.17, 15) is 13.5 Å². The van der Waals surface area contributed by atoms with Crippen molar-refractivity contribution in [2.45, 2.75) is 26.4 Å². The summed E-state index contributed by atoms with van der Waals surface area (Å²) in [5.41, 5.74) is -0.761. The second-order valence-corrected chi connectivity index (χ2v) is 6.40. The van der Waals surface area contributed by atoms with Crippen LogP contribution in [0.25, 0.3) is 0 Å². The average Bonchev–Trinajstić information content (AvgIpc) is 2.46. The van der Waals surface area contributed by atoms with Crippen molar-refractivity contribution in [3.05, 3.63) is 12.4 Å². The molecule has 0 aliphatic carbocycles. The maximum Gasteiger partial charge on any atom is 0.420 e. The van der Waals surface area contributed by atoms with Crippen molar-refractivity contribution in [1.29, 1.82) is 0 Å². The number of rotatable bonds is 2. The number of hydrogen-bond donors (Lipinski definition) is 1. The van der Waals surface area contributed by atoms with E-state index in [0.29, 0.717) is 0 Å². The Hall–Kier alpha value is -1.28. The molecule has 0 fully saturated rings. The molecule has 0 bridgehead atoms. The summed E-state index contributed by atoms with van der Waals surface area (Å²) < 4.78 is 31.4. The summed E-state index contributed by atoms with van der Waals surface area (Å²) in [5, 5.41) is 11.3. The molecule has 0 amide bonds. The Kier molecular flexibility index (Phi) is 3.68. The average molecular weight is 263 g/mol. The van der Waals surface area contributed by atoms with Gasteiger partial charge in [0, 0.05) is 12.6 Å². The fourth-order valence-electron chi connectivity index (χ4n) is 1.17. The van der Waals surface area contributed by atoms with Gasteiger partial charge in [0.2, 0.25) is 0 Å². The van der Waals surface area contributed by atoms with Gasteiger partial charge in [0.1, 0.15) is 6.20 Å². The van der Waals surface area contributed by atoms with E-state index in [-0.39, 0.29) is 11.0 Å². The van der Waals surface area contributed by atoms with Gasteiger partial charge in [-0.3, -0.25) is 0 Å². The molecule has 8 heteroatoms. The zero-order valence-electron chi connectivity index (χ0n) is 10.3. The van der Waals surface area contributed by atoms with E-state index in [0.717, 1.165) is 0 Å². The molecule has 1 aliphatic heterocycles. The molecule has 98 valence electrons. The summed E-state index contributed by atoms with van der Waals surface area (Å²) in [7, 11) is -2.20. The highest BCUT2D eigenvalue weighted by Crippen LogP contribution is 2.06. The Morgan fingerprint density at radius 1 is 1.53 bits per heavy atom. The van der Waals surface area contributed by atoms with E-state index in [1.54, 1.807) is 38.9 Å². The van der Waals surface area contributed by atoms with Crippen molar-refractivity contribution in [3.8, 4) is 0 Å². The second kappa shape index (κ2) is 4.53. The minimum atomic E-state index is -3.93. The number of nitrogens with zero attached hydrogens (tertiary/aromatic N) is 2. The van der Waals surface area contributed by atoms with Crippen molar-refractivity contribution < 1.29 is 22.6 Å². The Bertz CT molecular complexity index is 436. The molecule has 1 unspecified atom stereocenters. The molecular weight excluding hydrogens is 246 g/mol. The van der Waals surface area contributed by atoms with Crippen LogP contribution < -0.4 is 9.41 Å². The number of nitrogens with one attached hydrogen (secondary N) is 1. The lowest BCUT2D eigenvalue weighted by Crippen LogP contribution is -3.08. The Morgan fingerprint density at radius 2 is 2.12 bits per heavy atom. The van der Waals surface area contributed by atoms with Crippen LogP contribution in [0.2, 0.25) is 0 Å². The molecular formula is C9H17N3O4S. The minimum Gasteiger partial charge on any atom is -0.594 e. The standard InChI is InChI=1S/C9H17N3O4S/c1-9(2,3)16-8(13)10-17(14,15)12-6-5-11(4)7-12/h5-6H,7H2,1-4H3,(H,10,13). The molecule has 0 aromatic heterocycles. The zero-order valence-corrected chi connectivity index (χ0v) is 11.1. The summed E-state index contributed by atoms with van der Waals surface area (Å²) in [5.74, 6) is 0. The Labute approximate surface area is 101 Å². The molecule has 1 aliphatic rings. The summed E-state index contributed by atoms with van der Waals surface area (Å²) in [6, 6.07) is 0. The molecule has 0 radical (unpaired) electrons. The molecule has 7 nitrogen and oxygen atoms in total. The quantitative estimate of drug-likeness (QED) is 0.461. The maximum atomic E-state index is 11.7. The van der Waals surface area contributed by atoms with Crippen molar-refractivity contribution in [1.82, 2.24) is 4.90 Å². The van der Waals surface area contributed by atoms with Crippen LogP contribution >= 0.6 is 0 Å². The minimum absolute atomic E-state index is 0.0888. The van der Waals surface area contributed by atoms with Gasteiger partial charge in [-0.25, -0.2) is 0 Å². The van der Waals surface area contributed by atoms with E-state index in [2.05, 4.69) is 4.40 Å². The molecule has 1 atom stereocenters. The van der Waals surface area contributed by atoms with Gasteiger partial charge in [0.25, 0.3) is 0 Å². The Balaban J connectivity index is 2.79. The van der Waals surface area contributed by atoms with Gasteiger partial charge in [-0.15, -0.1) is 8.42 Å². The van der Waals surface area contributed by atoms with Crippen molar-refractivity contribution in [2.75, 3.05) is 13.7 Å². The largest absolute Gasteiger partial charge is 0.594 e. The van der Waals surface area contributed by atoms with Crippen LogP contribution in [0.1, 0.15) is 20.8 Å². The summed E-state index contributed by atoms with van der Waals surface area (Å²) in [6.07, 6.45) is 1.94. The van der Waals surface area contributed by atoms with Gasteiger partial charge >= 0.3 is 10.2 Å². The predicted octanol–water partition coefficient (Wildman–Crippen LogP) is -1.98. The van der Waals surface area contributed by atoms with E-state index >= 15 is 0 Å². The number of ether oxygens (including phenoxy) is 1. The van der Waals surface area contributed by atoms with Crippen molar-refractivity contribution in [2.24, 2.45) is 4.40 Å². The topological polar surface area (TPSA) is 86.5 Å². The van der Waals surface area contributed by atoms with E-state index < -0.39 is 21.9 Å². The first-order valence-electron chi connectivity index (χ1n) is 5.05. The number of hydrogen-bond acceptors (Lipinski definition) is 5. The van der Waals surface area contributed by atoms with Crippen LogP contribution in [-0.2, 0) is 14.9 Å². The zero-order chi connectivity index (χ0) is 13.3. The van der Waals surface area contributed by atoms with Crippen molar-refractivity contribution >= 4 is 16.3 Å². The van der Waals surface area contributed by atoms with Gasteiger partial charge < -0.3 is 14.7 Å². The van der Waals surface area contributed by atoms with Gasteiger partial charge in [0.05, 0.1) is 6.20 Å². The smallest absolute Gasteiger partial charge is 0.420 e. The van der Waals surface area contributed by atoms with Crippen LogP contribution in [0, 0.1) is 0 Å². The normalized spacial score (nSPS) is 22.0. The molecule has 0 saturated heterocycles. The van der Waals surface area contributed by atoms with Crippen LogP contribution in [0.15, 0.2) is 16.8 Å². The monoisotopic (exact) mass is 263 g/mol. The second-order valence-electron chi connectivity index (χ2n) is 4.74. The van der Waals surface area contributed by atoms with E-state index in [1.807, 2.05) is 0 Å². The highest BCUT2D eigenvalue weighted by molar-refractivity contribution is 7.83. The first-order valence-corrected chi connectivity index (χ1v) is 6.49. The maximum absolute atomic E-state index is 11.7. The van der Waals surface area contributed by atoms with Crippen LogP contribution in [0.5, 0.6) is 0 Å². The van der Waals surface area contributed by atoms with Gasteiger partial charge in [0.15, 0.2) is 12.8 Å². The molecule has 0 spiro atoms. The molecule has 0 aromatic rings. The first-order chi connectivity index (χ1) is 7.60. The lowest BCUT2D eigenvalue weighted by atomic mass is 10.2. The van der Waals surface area contributed by atoms with E-state index in [1.165, 1.54) is 6.20 Å². The van der Waals surface area contributed by atoms with Gasteiger partial charge in [-0.1, -0.05) is 25.2 Å². The van der Waals surface area contributed by atoms with Crippen LogP contribution in [0.3, 0.4) is 0 Å². The van der Waals surface area contributed by atoms with Crippen LogP contribution in [0.4, 0.5) is 0 Å². The Morgan fingerprint density at radius 3 is 2.53 bits per heavy atom. The third kappa shape index (κ3) is 4.23. The summed E-state index contributed by atoms with van der Waals surface area (Å²) in [4.78, 5) is 1.68. The van der Waals surface area contributed by atoms with Gasteiger partial charge in [-0.2, -0.15) is 4.31 Å². The number of quaternary nitrogens is 1. The van der Waals surface area contributed by atoms with Crippen LogP contribution in [-0.4, -0.2) is 38.7 Å². The summed E-state index contributed by atoms with van der Waals surface area (Å²) >= 11 is 0. The molecule has 0 aromatic carbocycles. The fourth-order valence-corrected chi connectivity index (χ4v) is 2.12. The summed E-state index contributed by atoms with van der Waals surface area (Å²) in [6.45, 7) is 5.14. The molecule has 1 N–H and O–H groups in total. The predicted molar refractivity (Wildman–Crippen MR) is 59.9 cm³/mol. The third-order valence-corrected chi connectivity index (χ3v) is 3.16. The molecule has 17 heavy (non-hydrogen) atoms. The van der Waals surface area contributed by atoms with E-state index in [4.69, 9.17) is 4.74 Å². The lowest BCUT2D eigenvalue weighted by Gasteiger charge is -2.29. The fraction of sp³-hybridized carbons (Fsp3) is 0.667. The third-order valence-electron chi connectivity index (χ3n) is 1.84. The SMILES string of the molecule is CN1C=C[NH+](S(=O)(=O)/N=C(\[O-])OC(C)(C)C)C1. The lowest BCUT2D eigenvalue weighted by molar-refractivity contribution is -0.709. The highest BCUT2D eigenvalue weighted by Gasteiger charge is 2.28.